The summed E-state index contributed by atoms with van der Waals surface area (Å²) in [6, 6.07) is 14.8. The zero-order valence-corrected chi connectivity index (χ0v) is 15.4. The minimum atomic E-state index is -0.182. The zero-order chi connectivity index (χ0) is 17.8. The molecule has 1 heterocycles. The van der Waals surface area contributed by atoms with E-state index in [0.717, 1.165) is 10.8 Å². The van der Waals surface area contributed by atoms with Crippen molar-refractivity contribution in [3.8, 4) is 5.75 Å². The Morgan fingerprint density at radius 2 is 1.80 bits per heavy atom. The average Bonchev–Trinajstić information content (AvgIpc) is 2.97. The van der Waals surface area contributed by atoms with Crippen molar-refractivity contribution in [1.82, 2.24) is 4.98 Å². The molecule has 0 atom stereocenters. The number of hydrogen-bond donors (Lipinski definition) is 1. The molecule has 0 aliphatic heterocycles. The molecule has 0 fully saturated rings. The number of aromatic nitrogens is 1. The molecular weight excluding hydrogens is 356 g/mol. The van der Waals surface area contributed by atoms with Crippen LogP contribution in [-0.4, -0.2) is 10.9 Å². The summed E-state index contributed by atoms with van der Waals surface area (Å²) in [6.45, 7) is 4.19. The van der Waals surface area contributed by atoms with Crippen molar-refractivity contribution in [2.75, 3.05) is 5.32 Å². The first-order valence-corrected chi connectivity index (χ1v) is 8.93. The molecule has 1 amide bonds. The van der Waals surface area contributed by atoms with E-state index in [-0.39, 0.29) is 5.91 Å². The van der Waals surface area contributed by atoms with Gasteiger partial charge in [-0.05, 0) is 50.2 Å². The molecule has 0 radical (unpaired) electrons. The summed E-state index contributed by atoms with van der Waals surface area (Å²) in [5.74, 6) is 0.601. The number of anilines is 1. The van der Waals surface area contributed by atoms with E-state index in [0.29, 0.717) is 27.9 Å². The molecule has 3 rings (SSSR count). The van der Waals surface area contributed by atoms with Crippen molar-refractivity contribution in [2.24, 2.45) is 0 Å². The van der Waals surface area contributed by atoms with Crippen LogP contribution in [0.15, 0.2) is 48.5 Å². The van der Waals surface area contributed by atoms with E-state index >= 15 is 0 Å². The molecule has 3 aromatic rings. The smallest absolute Gasteiger partial charge is 0.267 e. The number of hydrogen-bond acceptors (Lipinski definition) is 4. The van der Waals surface area contributed by atoms with Crippen LogP contribution in [-0.2, 0) is 6.61 Å². The molecule has 0 saturated carbocycles. The second kappa shape index (κ2) is 7.68. The van der Waals surface area contributed by atoms with Crippen LogP contribution in [0.5, 0.6) is 5.75 Å². The van der Waals surface area contributed by atoms with Gasteiger partial charge in [0.2, 0.25) is 0 Å². The second-order valence-electron chi connectivity index (χ2n) is 5.58. The summed E-state index contributed by atoms with van der Waals surface area (Å²) < 4.78 is 5.73. The first-order valence-electron chi connectivity index (χ1n) is 7.74. The molecule has 6 heteroatoms. The number of ether oxygens (including phenoxy) is 1. The molecule has 128 valence electrons. The van der Waals surface area contributed by atoms with Crippen molar-refractivity contribution in [2.45, 2.75) is 20.5 Å². The van der Waals surface area contributed by atoms with E-state index in [1.54, 1.807) is 24.3 Å². The minimum absolute atomic E-state index is 0.182. The van der Waals surface area contributed by atoms with Gasteiger partial charge in [0, 0.05) is 10.7 Å². The number of halogens is 1. The maximum absolute atomic E-state index is 12.4. The van der Waals surface area contributed by atoms with Crippen molar-refractivity contribution >= 4 is 34.5 Å². The van der Waals surface area contributed by atoms with E-state index in [4.69, 9.17) is 16.3 Å². The van der Waals surface area contributed by atoms with Crippen LogP contribution >= 0.6 is 22.9 Å². The molecule has 0 saturated heterocycles. The van der Waals surface area contributed by atoms with Crippen LogP contribution in [0.3, 0.4) is 0 Å². The maximum Gasteiger partial charge on any atom is 0.267 e. The number of carbonyl (C=O) groups excluding carboxylic acids is 1. The van der Waals surface area contributed by atoms with E-state index in [1.165, 1.54) is 16.9 Å². The van der Waals surface area contributed by atoms with E-state index in [9.17, 15) is 4.79 Å². The standard InChI is InChI=1S/C19H17ClN2O2S/c1-12-3-9-16(10-4-12)24-11-17-21-13(2)18(25-17)19(23)22-15-7-5-14(20)6-8-15/h3-10H,11H2,1-2H3,(H,22,23). The third-order valence-electron chi connectivity index (χ3n) is 3.53. The Balaban J connectivity index is 1.65. The number of thiazole rings is 1. The van der Waals surface area contributed by atoms with Gasteiger partial charge in [0.15, 0.2) is 0 Å². The van der Waals surface area contributed by atoms with Gasteiger partial charge >= 0.3 is 0 Å². The highest BCUT2D eigenvalue weighted by atomic mass is 35.5. The number of rotatable bonds is 5. The molecule has 0 aliphatic carbocycles. The van der Waals surface area contributed by atoms with Gasteiger partial charge in [-0.15, -0.1) is 11.3 Å². The minimum Gasteiger partial charge on any atom is -0.486 e. The third-order valence-corrected chi connectivity index (χ3v) is 4.91. The van der Waals surface area contributed by atoms with Crippen LogP contribution in [0.4, 0.5) is 5.69 Å². The van der Waals surface area contributed by atoms with E-state index < -0.39 is 0 Å². The lowest BCUT2D eigenvalue weighted by atomic mass is 10.2. The SMILES string of the molecule is Cc1ccc(OCc2nc(C)c(C(=O)Nc3ccc(Cl)cc3)s2)cc1. The first-order chi connectivity index (χ1) is 12.0. The number of aryl methyl sites for hydroxylation is 2. The first kappa shape index (κ1) is 17.5. The number of carbonyl (C=O) groups is 1. The van der Waals surface area contributed by atoms with Gasteiger partial charge in [0.25, 0.3) is 5.91 Å². The van der Waals surface area contributed by atoms with Crippen molar-refractivity contribution in [3.05, 3.63) is 74.7 Å². The van der Waals surface area contributed by atoms with Crippen LogP contribution in [0, 0.1) is 13.8 Å². The van der Waals surface area contributed by atoms with Gasteiger partial charge in [0.05, 0.1) is 5.69 Å². The van der Waals surface area contributed by atoms with Gasteiger partial charge in [-0.25, -0.2) is 4.98 Å². The van der Waals surface area contributed by atoms with E-state index in [2.05, 4.69) is 10.3 Å². The van der Waals surface area contributed by atoms with Crippen LogP contribution in [0.2, 0.25) is 5.02 Å². The van der Waals surface area contributed by atoms with Crippen molar-refractivity contribution in [1.29, 1.82) is 0 Å². The summed E-state index contributed by atoms with van der Waals surface area (Å²) in [7, 11) is 0. The Morgan fingerprint density at radius 3 is 2.48 bits per heavy atom. The van der Waals surface area contributed by atoms with Crippen LogP contribution < -0.4 is 10.1 Å². The summed E-state index contributed by atoms with van der Waals surface area (Å²) in [6.07, 6.45) is 0. The Labute approximate surface area is 155 Å². The lowest BCUT2D eigenvalue weighted by Crippen LogP contribution is -2.11. The normalized spacial score (nSPS) is 10.5. The maximum atomic E-state index is 12.4. The number of nitrogens with zero attached hydrogens (tertiary/aromatic N) is 1. The predicted octanol–water partition coefficient (Wildman–Crippen LogP) is 5.24. The average molecular weight is 373 g/mol. The fraction of sp³-hybridized carbons (Fsp3) is 0.158. The topological polar surface area (TPSA) is 51.2 Å². The molecule has 2 aromatic carbocycles. The van der Waals surface area contributed by atoms with Gasteiger partial charge in [-0.2, -0.15) is 0 Å². The van der Waals surface area contributed by atoms with Crippen LogP contribution in [0.25, 0.3) is 0 Å². The van der Waals surface area contributed by atoms with Crippen molar-refractivity contribution < 1.29 is 9.53 Å². The van der Waals surface area contributed by atoms with Gasteiger partial charge in [-0.1, -0.05) is 29.3 Å². The molecule has 4 nitrogen and oxygen atoms in total. The molecule has 0 aliphatic rings. The van der Waals surface area contributed by atoms with Gasteiger partial charge in [-0.3, -0.25) is 4.79 Å². The summed E-state index contributed by atoms with van der Waals surface area (Å²) in [5.41, 5.74) is 2.57. The van der Waals surface area contributed by atoms with Gasteiger partial charge in [0.1, 0.15) is 22.2 Å². The highest BCUT2D eigenvalue weighted by Gasteiger charge is 2.16. The fourth-order valence-corrected chi connectivity index (χ4v) is 3.22. The second-order valence-corrected chi connectivity index (χ2v) is 7.10. The Kier molecular flexibility index (Phi) is 5.36. The molecule has 1 N–H and O–H groups in total. The number of benzene rings is 2. The lowest BCUT2D eigenvalue weighted by Gasteiger charge is -2.04. The molecule has 0 unspecified atom stereocenters. The third kappa shape index (κ3) is 4.59. The molecular formula is C19H17ClN2O2S. The molecule has 1 aromatic heterocycles. The summed E-state index contributed by atoms with van der Waals surface area (Å²) >= 11 is 7.19. The molecule has 0 spiro atoms. The largest absolute Gasteiger partial charge is 0.486 e. The zero-order valence-electron chi connectivity index (χ0n) is 13.9. The van der Waals surface area contributed by atoms with E-state index in [1.807, 2.05) is 38.1 Å². The van der Waals surface area contributed by atoms with Crippen molar-refractivity contribution in [3.63, 3.8) is 0 Å². The number of nitrogens with one attached hydrogen (secondary N) is 1. The fourth-order valence-electron chi connectivity index (χ4n) is 2.23. The molecule has 0 bridgehead atoms. The Morgan fingerprint density at radius 1 is 1.12 bits per heavy atom. The predicted molar refractivity (Wildman–Crippen MR) is 102 cm³/mol. The summed E-state index contributed by atoms with van der Waals surface area (Å²) in [5, 5.41) is 4.24. The van der Waals surface area contributed by atoms with Gasteiger partial charge < -0.3 is 10.1 Å². The Bertz CT molecular complexity index is 873. The highest BCUT2D eigenvalue weighted by Crippen LogP contribution is 2.22. The van der Waals surface area contributed by atoms with Crippen LogP contribution in [0.1, 0.15) is 25.9 Å². The lowest BCUT2D eigenvalue weighted by molar-refractivity contribution is 0.103. The summed E-state index contributed by atoms with van der Waals surface area (Å²) in [4.78, 5) is 17.4. The monoisotopic (exact) mass is 372 g/mol. The number of amides is 1. The molecule has 25 heavy (non-hydrogen) atoms. The highest BCUT2D eigenvalue weighted by molar-refractivity contribution is 7.13. The quantitative estimate of drug-likeness (QED) is 0.665. The Hall–Kier alpha value is -2.37.